The number of para-hydroxylation sites is 1. The molecule has 0 radical (unpaired) electrons. The van der Waals surface area contributed by atoms with Gasteiger partial charge in [-0.1, -0.05) is 17.4 Å². The van der Waals surface area contributed by atoms with E-state index in [4.69, 9.17) is 0 Å². The Morgan fingerprint density at radius 2 is 1.83 bits per heavy atom. The van der Waals surface area contributed by atoms with Crippen LogP contribution in [0.25, 0.3) is 10.2 Å². The van der Waals surface area contributed by atoms with E-state index in [0.717, 1.165) is 29.7 Å². The summed E-state index contributed by atoms with van der Waals surface area (Å²) in [7, 11) is 0.158. The Morgan fingerprint density at radius 1 is 1.10 bits per heavy atom. The number of sulfone groups is 1. The first kappa shape index (κ1) is 21.3. The highest BCUT2D eigenvalue weighted by atomic mass is 32.2. The van der Waals surface area contributed by atoms with E-state index in [1.807, 2.05) is 19.0 Å². The number of hydrogen-bond donors (Lipinski definition) is 0. The standard InChI is InChI=1S/C19H19F2N3O3S2/c1-23(2)9-10-24(18(25)12-7-8-13(20)14(21)11-12)19-22-17-15(28-19)5-4-6-16(17)29(3,26)27/h4-8,11H,9-10H2,1-3H3. The van der Waals surface area contributed by atoms with Crippen LogP contribution in [0.5, 0.6) is 0 Å². The smallest absolute Gasteiger partial charge is 0.260 e. The summed E-state index contributed by atoms with van der Waals surface area (Å²) in [5.41, 5.74) is 0.258. The van der Waals surface area contributed by atoms with Crippen LogP contribution >= 0.6 is 11.3 Å². The van der Waals surface area contributed by atoms with Gasteiger partial charge in [0.25, 0.3) is 5.91 Å². The maximum atomic E-state index is 13.6. The fourth-order valence-electron chi connectivity index (χ4n) is 2.70. The summed E-state index contributed by atoms with van der Waals surface area (Å²) in [5, 5.41) is 0.285. The van der Waals surface area contributed by atoms with Gasteiger partial charge in [-0.05, 0) is 44.4 Å². The lowest BCUT2D eigenvalue weighted by molar-refractivity contribution is 0.0984. The topological polar surface area (TPSA) is 70.6 Å². The Labute approximate surface area is 171 Å². The van der Waals surface area contributed by atoms with Crippen LogP contribution in [0, 0.1) is 11.6 Å². The first-order chi connectivity index (χ1) is 13.6. The number of anilines is 1. The Balaban J connectivity index is 2.09. The zero-order valence-corrected chi connectivity index (χ0v) is 17.7. The molecule has 154 valence electrons. The zero-order valence-electron chi connectivity index (χ0n) is 16.0. The molecule has 6 nitrogen and oxygen atoms in total. The molecule has 29 heavy (non-hydrogen) atoms. The molecule has 2 aromatic carbocycles. The van der Waals surface area contributed by atoms with E-state index in [-0.39, 0.29) is 27.7 Å². The van der Waals surface area contributed by atoms with E-state index in [1.54, 1.807) is 12.1 Å². The summed E-state index contributed by atoms with van der Waals surface area (Å²) in [6.45, 7) is 0.725. The van der Waals surface area contributed by atoms with Gasteiger partial charge in [-0.25, -0.2) is 22.2 Å². The van der Waals surface area contributed by atoms with Crippen LogP contribution in [0.3, 0.4) is 0 Å². The maximum absolute atomic E-state index is 13.6. The van der Waals surface area contributed by atoms with Crippen LogP contribution in [0.1, 0.15) is 10.4 Å². The minimum absolute atomic E-state index is 0.0229. The highest BCUT2D eigenvalue weighted by Gasteiger charge is 2.24. The second-order valence-corrected chi connectivity index (χ2v) is 9.75. The molecule has 0 spiro atoms. The third-order valence-corrected chi connectivity index (χ3v) is 6.36. The summed E-state index contributed by atoms with van der Waals surface area (Å²) >= 11 is 1.16. The minimum Gasteiger partial charge on any atom is -0.308 e. The highest BCUT2D eigenvalue weighted by molar-refractivity contribution is 7.91. The zero-order chi connectivity index (χ0) is 21.3. The van der Waals surface area contributed by atoms with Gasteiger partial charge in [0.05, 0.1) is 9.60 Å². The third-order valence-electron chi connectivity index (χ3n) is 4.18. The largest absolute Gasteiger partial charge is 0.308 e. The molecular weight excluding hydrogens is 420 g/mol. The number of hydrogen-bond acceptors (Lipinski definition) is 6. The van der Waals surface area contributed by atoms with Gasteiger partial charge in [-0.15, -0.1) is 0 Å². The molecule has 0 atom stereocenters. The van der Waals surface area contributed by atoms with Crippen LogP contribution < -0.4 is 4.90 Å². The summed E-state index contributed by atoms with van der Waals surface area (Å²) in [6.07, 6.45) is 1.09. The van der Waals surface area contributed by atoms with E-state index in [9.17, 15) is 22.0 Å². The lowest BCUT2D eigenvalue weighted by Gasteiger charge is -2.22. The number of likely N-dealkylation sites (N-methyl/N-ethyl adjacent to an activating group) is 1. The summed E-state index contributed by atoms with van der Waals surface area (Å²) in [6, 6.07) is 7.74. The number of fused-ring (bicyclic) bond motifs is 1. The number of benzene rings is 2. The van der Waals surface area contributed by atoms with Crippen LogP contribution in [0.4, 0.5) is 13.9 Å². The predicted molar refractivity (Wildman–Crippen MR) is 109 cm³/mol. The Kier molecular flexibility index (Phi) is 5.97. The maximum Gasteiger partial charge on any atom is 0.260 e. The van der Waals surface area contributed by atoms with Gasteiger partial charge in [0, 0.05) is 24.9 Å². The van der Waals surface area contributed by atoms with Gasteiger partial charge in [0.2, 0.25) is 0 Å². The SMILES string of the molecule is CN(C)CCN(C(=O)c1ccc(F)c(F)c1)c1nc2c(S(C)(=O)=O)cccc2s1. The number of rotatable bonds is 6. The number of halogens is 2. The van der Waals surface area contributed by atoms with Crippen molar-refractivity contribution in [1.29, 1.82) is 0 Å². The van der Waals surface area contributed by atoms with Crippen molar-refractivity contribution in [3.05, 3.63) is 53.6 Å². The van der Waals surface area contributed by atoms with Gasteiger partial charge < -0.3 is 4.90 Å². The lowest BCUT2D eigenvalue weighted by Crippen LogP contribution is -2.36. The second-order valence-electron chi connectivity index (χ2n) is 6.76. The van der Waals surface area contributed by atoms with Crippen LogP contribution in [0.15, 0.2) is 41.3 Å². The molecule has 1 aromatic heterocycles. The molecule has 1 heterocycles. The van der Waals surface area contributed by atoms with Crippen molar-refractivity contribution in [1.82, 2.24) is 9.88 Å². The fourth-order valence-corrected chi connectivity index (χ4v) is 4.61. The second kappa shape index (κ2) is 8.13. The normalized spacial score (nSPS) is 11.9. The molecule has 0 unspecified atom stereocenters. The molecular formula is C19H19F2N3O3S2. The van der Waals surface area contributed by atoms with Gasteiger partial charge in [-0.3, -0.25) is 9.69 Å². The number of carbonyl (C=O) groups excluding carboxylic acids is 1. The molecule has 0 saturated carbocycles. The molecule has 0 bridgehead atoms. The molecule has 0 N–H and O–H groups in total. The van der Waals surface area contributed by atoms with Crippen molar-refractivity contribution < 1.29 is 22.0 Å². The first-order valence-corrected chi connectivity index (χ1v) is 11.3. The molecule has 0 aliphatic rings. The quantitative estimate of drug-likeness (QED) is 0.590. The minimum atomic E-state index is -3.51. The number of aromatic nitrogens is 1. The Morgan fingerprint density at radius 3 is 2.45 bits per heavy atom. The number of amides is 1. The van der Waals surface area contributed by atoms with Crippen LogP contribution in [0.2, 0.25) is 0 Å². The van der Waals surface area contributed by atoms with Gasteiger partial charge in [0.15, 0.2) is 26.6 Å². The molecule has 3 aromatic rings. The van der Waals surface area contributed by atoms with Crippen molar-refractivity contribution in [3.63, 3.8) is 0 Å². The lowest BCUT2D eigenvalue weighted by atomic mass is 10.2. The van der Waals surface area contributed by atoms with E-state index in [1.165, 1.54) is 17.0 Å². The van der Waals surface area contributed by atoms with E-state index in [0.29, 0.717) is 11.2 Å². The van der Waals surface area contributed by atoms with Crippen molar-refractivity contribution in [2.24, 2.45) is 0 Å². The van der Waals surface area contributed by atoms with Crippen molar-refractivity contribution in [3.8, 4) is 0 Å². The number of thiazole rings is 1. The van der Waals surface area contributed by atoms with E-state index < -0.39 is 27.4 Å². The van der Waals surface area contributed by atoms with Gasteiger partial charge in [0.1, 0.15) is 5.52 Å². The monoisotopic (exact) mass is 439 g/mol. The summed E-state index contributed by atoms with van der Waals surface area (Å²) < 4.78 is 51.6. The van der Waals surface area contributed by atoms with Gasteiger partial charge in [-0.2, -0.15) is 0 Å². The first-order valence-electron chi connectivity index (χ1n) is 8.59. The van der Waals surface area contributed by atoms with Crippen LogP contribution in [-0.2, 0) is 9.84 Å². The van der Waals surface area contributed by atoms with E-state index in [2.05, 4.69) is 4.98 Å². The van der Waals surface area contributed by atoms with Crippen molar-refractivity contribution in [2.75, 3.05) is 38.3 Å². The molecule has 0 fully saturated rings. The number of carbonyl (C=O) groups is 1. The molecule has 3 rings (SSSR count). The predicted octanol–water partition coefficient (Wildman–Crippen LogP) is 3.19. The third kappa shape index (κ3) is 4.60. The van der Waals surface area contributed by atoms with E-state index >= 15 is 0 Å². The molecule has 0 aliphatic heterocycles. The fraction of sp³-hybridized carbons (Fsp3) is 0.263. The molecule has 1 amide bonds. The Bertz CT molecular complexity index is 1180. The summed E-state index contributed by atoms with van der Waals surface area (Å²) in [5.74, 6) is -2.71. The Hall–Kier alpha value is -2.43. The molecule has 0 aliphatic carbocycles. The van der Waals surface area contributed by atoms with Crippen LogP contribution in [-0.4, -0.2) is 57.6 Å². The average molecular weight is 440 g/mol. The molecule has 0 saturated heterocycles. The van der Waals surface area contributed by atoms with Crippen molar-refractivity contribution >= 4 is 42.4 Å². The molecule has 10 heteroatoms. The van der Waals surface area contributed by atoms with Crippen molar-refractivity contribution in [2.45, 2.75) is 4.90 Å². The number of nitrogens with zero attached hydrogens (tertiary/aromatic N) is 3. The highest BCUT2D eigenvalue weighted by Crippen LogP contribution is 2.33. The average Bonchev–Trinajstić information content (AvgIpc) is 3.06. The summed E-state index contributed by atoms with van der Waals surface area (Å²) in [4.78, 5) is 20.7. The van der Waals surface area contributed by atoms with Gasteiger partial charge >= 0.3 is 0 Å².